The predicted molar refractivity (Wildman–Crippen MR) is 73.1 cm³/mol. The predicted octanol–water partition coefficient (Wildman–Crippen LogP) is 3.38. The maximum Gasteiger partial charge on any atom is 0.270 e. The van der Waals surface area contributed by atoms with Gasteiger partial charge >= 0.3 is 0 Å². The summed E-state index contributed by atoms with van der Waals surface area (Å²) in [5, 5.41) is 0. The number of aryl methyl sites for hydroxylation is 1. The molecule has 0 aromatic carbocycles. The summed E-state index contributed by atoms with van der Waals surface area (Å²) >= 11 is 7.46. The van der Waals surface area contributed by atoms with Gasteiger partial charge in [0.25, 0.3) is 5.91 Å². The molecule has 0 aliphatic heterocycles. The van der Waals surface area contributed by atoms with Crippen LogP contribution in [0.4, 0.5) is 0 Å². The van der Waals surface area contributed by atoms with E-state index in [0.29, 0.717) is 0 Å². The third-order valence-corrected chi connectivity index (χ3v) is 4.17. The Morgan fingerprint density at radius 3 is 2.59 bits per heavy atom. The van der Waals surface area contributed by atoms with Gasteiger partial charge in [0.1, 0.15) is 5.69 Å². The first kappa shape index (κ1) is 12.5. The maximum absolute atomic E-state index is 12.3. The lowest BCUT2D eigenvalue weighted by atomic mass is 10.3. The van der Waals surface area contributed by atoms with Gasteiger partial charge in [-0.3, -0.25) is 4.79 Å². The monoisotopic (exact) mass is 270 g/mol. The zero-order chi connectivity index (χ0) is 12.6. The normalized spacial score (nSPS) is 11.1. The van der Waals surface area contributed by atoms with Gasteiger partial charge in [0.2, 0.25) is 0 Å². The highest BCUT2D eigenvalue weighted by molar-refractivity contribution is 7.22. The Bertz CT molecular complexity index is 554. The SMILES string of the molecule is CCN(CC)C(=O)c1cc2sc(Cl)cc2n1C. The van der Waals surface area contributed by atoms with Crippen LogP contribution >= 0.6 is 22.9 Å². The van der Waals surface area contributed by atoms with Gasteiger partial charge in [0, 0.05) is 20.1 Å². The van der Waals surface area contributed by atoms with E-state index in [1.165, 1.54) is 11.3 Å². The van der Waals surface area contributed by atoms with Crippen molar-refractivity contribution >= 4 is 39.1 Å². The lowest BCUT2D eigenvalue weighted by molar-refractivity contribution is 0.0764. The molecule has 1 amide bonds. The Kier molecular flexibility index (Phi) is 3.45. The number of nitrogens with zero attached hydrogens (tertiary/aromatic N) is 2. The summed E-state index contributed by atoms with van der Waals surface area (Å²) in [5.74, 6) is 0.0806. The van der Waals surface area contributed by atoms with Crippen LogP contribution in [0.2, 0.25) is 4.34 Å². The average molecular weight is 271 g/mol. The summed E-state index contributed by atoms with van der Waals surface area (Å²) in [6.07, 6.45) is 0. The van der Waals surface area contributed by atoms with Crippen molar-refractivity contribution in [1.82, 2.24) is 9.47 Å². The zero-order valence-electron chi connectivity index (χ0n) is 10.2. The molecule has 0 fully saturated rings. The number of carbonyl (C=O) groups is 1. The van der Waals surface area contributed by atoms with Crippen LogP contribution in [0, 0.1) is 0 Å². The smallest absolute Gasteiger partial charge is 0.270 e. The third kappa shape index (κ3) is 2.07. The molecule has 0 spiro atoms. The first-order valence-electron chi connectivity index (χ1n) is 5.62. The second kappa shape index (κ2) is 4.70. The van der Waals surface area contributed by atoms with Crippen molar-refractivity contribution in [3.8, 4) is 0 Å². The number of amides is 1. The molecule has 2 aromatic rings. The van der Waals surface area contributed by atoms with Gasteiger partial charge in [-0.1, -0.05) is 11.6 Å². The molecule has 2 heterocycles. The molecular weight excluding hydrogens is 256 g/mol. The van der Waals surface area contributed by atoms with E-state index in [2.05, 4.69) is 0 Å². The molecule has 0 bridgehead atoms. The van der Waals surface area contributed by atoms with Crippen LogP contribution in [-0.4, -0.2) is 28.5 Å². The van der Waals surface area contributed by atoms with Gasteiger partial charge < -0.3 is 9.47 Å². The summed E-state index contributed by atoms with van der Waals surface area (Å²) in [5.41, 5.74) is 1.75. The van der Waals surface area contributed by atoms with Crippen molar-refractivity contribution in [3.63, 3.8) is 0 Å². The summed E-state index contributed by atoms with van der Waals surface area (Å²) in [7, 11) is 1.90. The molecule has 0 unspecified atom stereocenters. The highest BCUT2D eigenvalue weighted by Gasteiger charge is 2.18. The van der Waals surface area contributed by atoms with Gasteiger partial charge in [-0.25, -0.2) is 0 Å². The lowest BCUT2D eigenvalue weighted by Crippen LogP contribution is -2.31. The molecular formula is C12H15ClN2OS. The van der Waals surface area contributed by atoms with Crippen LogP contribution in [0.3, 0.4) is 0 Å². The highest BCUT2D eigenvalue weighted by atomic mass is 35.5. The molecule has 5 heteroatoms. The average Bonchev–Trinajstić information content (AvgIpc) is 2.79. The van der Waals surface area contributed by atoms with Crippen molar-refractivity contribution in [2.75, 3.05) is 13.1 Å². The first-order chi connectivity index (χ1) is 8.08. The Labute approximate surface area is 110 Å². The number of hydrogen-bond donors (Lipinski definition) is 0. The van der Waals surface area contributed by atoms with E-state index in [0.717, 1.165) is 33.3 Å². The standard InChI is InChI=1S/C12H15ClN2OS/c1-4-15(5-2)12(16)9-6-10-8(14(9)3)7-11(13)17-10/h6-7H,4-5H2,1-3H3. The second-order valence-electron chi connectivity index (χ2n) is 3.87. The van der Waals surface area contributed by atoms with Crippen molar-refractivity contribution in [1.29, 1.82) is 0 Å². The molecule has 0 radical (unpaired) electrons. The fourth-order valence-corrected chi connectivity index (χ4v) is 3.16. The van der Waals surface area contributed by atoms with E-state index in [-0.39, 0.29) is 5.91 Å². The summed E-state index contributed by atoms with van der Waals surface area (Å²) < 4.78 is 3.73. The summed E-state index contributed by atoms with van der Waals surface area (Å²) in [6, 6.07) is 3.83. The van der Waals surface area contributed by atoms with E-state index in [1.54, 1.807) is 0 Å². The molecule has 17 heavy (non-hydrogen) atoms. The number of thiophene rings is 1. The molecule has 0 saturated carbocycles. The van der Waals surface area contributed by atoms with Crippen molar-refractivity contribution in [2.45, 2.75) is 13.8 Å². The molecule has 0 atom stereocenters. The fourth-order valence-electron chi connectivity index (χ4n) is 1.96. The number of halogens is 1. The Morgan fingerprint density at radius 2 is 2.06 bits per heavy atom. The quantitative estimate of drug-likeness (QED) is 0.839. The largest absolute Gasteiger partial charge is 0.339 e. The van der Waals surface area contributed by atoms with Gasteiger partial charge in [-0.2, -0.15) is 0 Å². The van der Waals surface area contributed by atoms with Crippen molar-refractivity contribution < 1.29 is 4.79 Å². The first-order valence-corrected chi connectivity index (χ1v) is 6.82. The third-order valence-electron chi connectivity index (χ3n) is 2.97. The van der Waals surface area contributed by atoms with Crippen molar-refractivity contribution in [2.24, 2.45) is 7.05 Å². The molecule has 0 aliphatic carbocycles. The lowest BCUT2D eigenvalue weighted by Gasteiger charge is -2.18. The van der Waals surface area contributed by atoms with Crippen LogP contribution in [0.5, 0.6) is 0 Å². The Balaban J connectivity index is 2.45. The number of aromatic nitrogens is 1. The van der Waals surface area contributed by atoms with E-state index >= 15 is 0 Å². The minimum absolute atomic E-state index is 0.0806. The maximum atomic E-state index is 12.3. The topological polar surface area (TPSA) is 25.2 Å². The number of carbonyl (C=O) groups excluding carboxylic acids is 1. The van der Waals surface area contributed by atoms with Crippen molar-refractivity contribution in [3.05, 3.63) is 22.2 Å². The number of fused-ring (bicyclic) bond motifs is 1. The molecule has 2 aromatic heterocycles. The molecule has 92 valence electrons. The van der Waals surface area contributed by atoms with Crippen LogP contribution < -0.4 is 0 Å². The van der Waals surface area contributed by atoms with Crippen LogP contribution in [-0.2, 0) is 7.05 Å². The summed E-state index contributed by atoms with van der Waals surface area (Å²) in [4.78, 5) is 14.1. The van der Waals surface area contributed by atoms with Gasteiger partial charge in [-0.05, 0) is 26.0 Å². The van der Waals surface area contributed by atoms with Crippen LogP contribution in [0.1, 0.15) is 24.3 Å². The minimum Gasteiger partial charge on any atom is -0.339 e. The fraction of sp³-hybridized carbons (Fsp3) is 0.417. The van der Waals surface area contributed by atoms with Gasteiger partial charge in [-0.15, -0.1) is 11.3 Å². The Hall–Kier alpha value is -1.00. The van der Waals surface area contributed by atoms with E-state index in [1.807, 2.05) is 42.5 Å². The number of hydrogen-bond acceptors (Lipinski definition) is 2. The minimum atomic E-state index is 0.0806. The number of rotatable bonds is 3. The van der Waals surface area contributed by atoms with Crippen LogP contribution in [0.25, 0.3) is 10.2 Å². The van der Waals surface area contributed by atoms with Crippen LogP contribution in [0.15, 0.2) is 12.1 Å². The summed E-state index contributed by atoms with van der Waals surface area (Å²) in [6.45, 7) is 5.44. The molecule has 0 saturated heterocycles. The van der Waals surface area contributed by atoms with Gasteiger partial charge in [0.15, 0.2) is 0 Å². The highest BCUT2D eigenvalue weighted by Crippen LogP contribution is 2.31. The molecule has 2 rings (SSSR count). The second-order valence-corrected chi connectivity index (χ2v) is 5.58. The zero-order valence-corrected chi connectivity index (χ0v) is 11.7. The van der Waals surface area contributed by atoms with E-state index in [4.69, 9.17) is 11.6 Å². The van der Waals surface area contributed by atoms with E-state index in [9.17, 15) is 4.79 Å². The Morgan fingerprint density at radius 1 is 1.41 bits per heavy atom. The molecule has 3 nitrogen and oxygen atoms in total. The van der Waals surface area contributed by atoms with Gasteiger partial charge in [0.05, 0.1) is 14.6 Å². The molecule has 0 N–H and O–H groups in total. The molecule has 0 aliphatic rings. The van der Waals surface area contributed by atoms with E-state index < -0.39 is 0 Å².